The molecule has 1 rings (SSSR count). The van der Waals surface area contributed by atoms with Gasteiger partial charge in [0, 0.05) is 12.0 Å². The highest BCUT2D eigenvalue weighted by molar-refractivity contribution is 7.85. The van der Waals surface area contributed by atoms with Crippen molar-refractivity contribution < 1.29 is 17.8 Å². The Hall–Kier alpha value is -1.20. The van der Waals surface area contributed by atoms with E-state index in [0.29, 0.717) is 12.7 Å². The number of carbonyl (C=O) groups excluding carboxylic acids is 1. The van der Waals surface area contributed by atoms with Gasteiger partial charge in [0.15, 0.2) is 5.78 Å². The fraction of sp³-hybridized carbons (Fsp3) is 0.300. The third-order valence-electron chi connectivity index (χ3n) is 1.42. The maximum absolute atomic E-state index is 11.0. The van der Waals surface area contributed by atoms with Crippen molar-refractivity contribution in [2.75, 3.05) is 6.26 Å². The summed E-state index contributed by atoms with van der Waals surface area (Å²) < 4.78 is 25.9. The Morgan fingerprint density at radius 3 is 2.00 bits per heavy atom. The molecular formula is C10H14O4S. The summed E-state index contributed by atoms with van der Waals surface area (Å²) in [6, 6.07) is 9.34. The standard InChI is InChI=1S/C9H10O.CH4O3S/c1-2-9(10)8-6-4-3-5-7-8;1-5(2,3)4/h3-7H,2H2,1H3;1H3,(H,2,3,4). The molecule has 0 aliphatic heterocycles. The van der Waals surface area contributed by atoms with Crippen LogP contribution in [0.15, 0.2) is 30.3 Å². The van der Waals surface area contributed by atoms with Crippen LogP contribution < -0.4 is 0 Å². The molecule has 0 atom stereocenters. The molecule has 0 bridgehead atoms. The normalized spacial score (nSPS) is 10.1. The van der Waals surface area contributed by atoms with Gasteiger partial charge in [-0.2, -0.15) is 8.42 Å². The van der Waals surface area contributed by atoms with Crippen LogP contribution in [0.4, 0.5) is 0 Å². The molecule has 0 aliphatic rings. The van der Waals surface area contributed by atoms with Crippen LogP contribution in [0.25, 0.3) is 0 Å². The zero-order valence-corrected chi connectivity index (χ0v) is 9.49. The number of Topliss-reactive ketones (excluding diaryl/α,β-unsaturated/α-hetero) is 1. The van der Waals surface area contributed by atoms with Gasteiger partial charge in [0.25, 0.3) is 10.1 Å². The molecule has 0 fully saturated rings. The minimum absolute atomic E-state index is 0.209. The van der Waals surface area contributed by atoms with Gasteiger partial charge < -0.3 is 0 Å². The van der Waals surface area contributed by atoms with Crippen molar-refractivity contribution in [3.05, 3.63) is 35.9 Å². The first-order valence-corrected chi connectivity index (χ1v) is 6.20. The van der Waals surface area contributed by atoms with Crippen LogP contribution in [0.5, 0.6) is 0 Å². The molecule has 0 saturated heterocycles. The van der Waals surface area contributed by atoms with Crippen molar-refractivity contribution in [3.8, 4) is 0 Å². The van der Waals surface area contributed by atoms with Crippen molar-refractivity contribution >= 4 is 15.9 Å². The largest absolute Gasteiger partial charge is 0.294 e. The van der Waals surface area contributed by atoms with Gasteiger partial charge in [-0.05, 0) is 0 Å². The van der Waals surface area contributed by atoms with Gasteiger partial charge in [-0.25, -0.2) is 0 Å². The second-order valence-electron chi connectivity index (χ2n) is 2.88. The lowest BCUT2D eigenvalue weighted by Gasteiger charge is -1.93. The molecule has 1 N–H and O–H groups in total. The van der Waals surface area contributed by atoms with E-state index in [9.17, 15) is 13.2 Å². The Kier molecular flexibility index (Phi) is 5.81. The molecule has 1 aromatic rings. The number of hydrogen-bond donors (Lipinski definition) is 1. The van der Waals surface area contributed by atoms with Crippen molar-refractivity contribution in [1.82, 2.24) is 0 Å². The highest BCUT2D eigenvalue weighted by Crippen LogP contribution is 2.01. The lowest BCUT2D eigenvalue weighted by molar-refractivity contribution is 0.0988. The molecule has 15 heavy (non-hydrogen) atoms. The molecule has 84 valence electrons. The summed E-state index contributed by atoms with van der Waals surface area (Å²) in [5.41, 5.74) is 0.810. The van der Waals surface area contributed by atoms with E-state index in [0.717, 1.165) is 5.56 Å². The molecule has 0 amide bonds. The maximum atomic E-state index is 11.0. The summed E-state index contributed by atoms with van der Waals surface area (Å²) in [6.45, 7) is 1.87. The van der Waals surface area contributed by atoms with Gasteiger partial charge >= 0.3 is 0 Å². The van der Waals surface area contributed by atoms with Gasteiger partial charge in [0.1, 0.15) is 0 Å². The van der Waals surface area contributed by atoms with Crippen LogP contribution in [0.3, 0.4) is 0 Å². The first-order valence-electron chi connectivity index (χ1n) is 4.35. The van der Waals surface area contributed by atoms with E-state index in [1.807, 2.05) is 37.3 Å². The Balaban J connectivity index is 0.000000336. The van der Waals surface area contributed by atoms with Crippen LogP contribution in [-0.4, -0.2) is 25.0 Å². The van der Waals surface area contributed by atoms with Crippen molar-refractivity contribution in [3.63, 3.8) is 0 Å². The number of carbonyl (C=O) groups is 1. The zero-order valence-electron chi connectivity index (χ0n) is 8.67. The lowest BCUT2D eigenvalue weighted by atomic mass is 10.1. The van der Waals surface area contributed by atoms with E-state index in [-0.39, 0.29) is 5.78 Å². The molecule has 0 aromatic heterocycles. The van der Waals surface area contributed by atoms with Crippen LogP contribution in [0, 0.1) is 0 Å². The SMILES string of the molecule is CCC(=O)c1ccccc1.CS(=O)(=O)O. The zero-order chi connectivity index (χ0) is 11.9. The van der Waals surface area contributed by atoms with Gasteiger partial charge in [-0.3, -0.25) is 9.35 Å². The van der Waals surface area contributed by atoms with Gasteiger partial charge in [-0.1, -0.05) is 37.3 Å². The first kappa shape index (κ1) is 13.8. The molecule has 0 radical (unpaired) electrons. The average molecular weight is 230 g/mol. The van der Waals surface area contributed by atoms with E-state index < -0.39 is 10.1 Å². The van der Waals surface area contributed by atoms with Crippen LogP contribution in [0.2, 0.25) is 0 Å². The summed E-state index contributed by atoms with van der Waals surface area (Å²) >= 11 is 0. The molecule has 4 nitrogen and oxygen atoms in total. The Bertz CT molecular complexity index is 387. The summed E-state index contributed by atoms with van der Waals surface area (Å²) in [5, 5.41) is 0. The molecule has 1 aromatic carbocycles. The second kappa shape index (κ2) is 6.31. The van der Waals surface area contributed by atoms with E-state index in [1.54, 1.807) is 0 Å². The van der Waals surface area contributed by atoms with E-state index in [2.05, 4.69) is 0 Å². The quantitative estimate of drug-likeness (QED) is 0.621. The van der Waals surface area contributed by atoms with E-state index in [4.69, 9.17) is 4.55 Å². The van der Waals surface area contributed by atoms with Crippen LogP contribution >= 0.6 is 0 Å². The molecule has 0 spiro atoms. The predicted octanol–water partition coefficient (Wildman–Crippen LogP) is 1.78. The van der Waals surface area contributed by atoms with E-state index >= 15 is 0 Å². The number of hydrogen-bond acceptors (Lipinski definition) is 3. The molecule has 0 unspecified atom stereocenters. The monoisotopic (exact) mass is 230 g/mol. The third-order valence-corrected chi connectivity index (χ3v) is 1.42. The Labute approximate surface area is 89.7 Å². The fourth-order valence-corrected chi connectivity index (χ4v) is 0.828. The van der Waals surface area contributed by atoms with Crippen LogP contribution in [0.1, 0.15) is 23.7 Å². The summed E-state index contributed by atoms with van der Waals surface area (Å²) in [5.74, 6) is 0.209. The first-order chi connectivity index (χ1) is 6.84. The number of rotatable bonds is 2. The third kappa shape index (κ3) is 9.11. The summed E-state index contributed by atoms with van der Waals surface area (Å²) in [7, 11) is -3.67. The molecule has 0 saturated carbocycles. The minimum Gasteiger partial charge on any atom is -0.294 e. The van der Waals surface area contributed by atoms with Gasteiger partial charge in [0.05, 0.1) is 6.26 Å². The Morgan fingerprint density at radius 1 is 1.27 bits per heavy atom. The smallest absolute Gasteiger partial charge is 0.261 e. The van der Waals surface area contributed by atoms with Crippen molar-refractivity contribution in [2.24, 2.45) is 0 Å². The highest BCUT2D eigenvalue weighted by Gasteiger charge is 1.98. The molecule has 5 heteroatoms. The highest BCUT2D eigenvalue weighted by atomic mass is 32.2. The lowest BCUT2D eigenvalue weighted by Crippen LogP contribution is -1.94. The van der Waals surface area contributed by atoms with Crippen molar-refractivity contribution in [1.29, 1.82) is 0 Å². The molecule has 0 aliphatic carbocycles. The minimum atomic E-state index is -3.67. The van der Waals surface area contributed by atoms with E-state index in [1.165, 1.54) is 0 Å². The number of benzene rings is 1. The molecular weight excluding hydrogens is 216 g/mol. The topological polar surface area (TPSA) is 71.4 Å². The fourth-order valence-electron chi connectivity index (χ4n) is 0.828. The van der Waals surface area contributed by atoms with Crippen LogP contribution in [-0.2, 0) is 10.1 Å². The number of ketones is 1. The summed E-state index contributed by atoms with van der Waals surface area (Å²) in [4.78, 5) is 11.0. The predicted molar refractivity (Wildman–Crippen MR) is 58.5 cm³/mol. The van der Waals surface area contributed by atoms with Gasteiger partial charge in [0.2, 0.25) is 0 Å². The summed E-state index contributed by atoms with van der Waals surface area (Å²) in [6.07, 6.45) is 1.30. The van der Waals surface area contributed by atoms with Crippen molar-refractivity contribution in [2.45, 2.75) is 13.3 Å². The average Bonchev–Trinajstić information content (AvgIpc) is 2.15. The molecule has 0 heterocycles. The second-order valence-corrected chi connectivity index (χ2v) is 4.34. The maximum Gasteiger partial charge on any atom is 0.261 e. The van der Waals surface area contributed by atoms with Gasteiger partial charge in [-0.15, -0.1) is 0 Å². The Morgan fingerprint density at radius 2 is 1.67 bits per heavy atom.